The largest absolute Gasteiger partial charge is 0.467 e. The number of piperidine rings is 1. The van der Waals surface area contributed by atoms with Crippen molar-refractivity contribution in [2.45, 2.75) is 26.2 Å². The van der Waals surface area contributed by atoms with Crippen molar-refractivity contribution in [3.8, 4) is 12.0 Å². The van der Waals surface area contributed by atoms with Crippen LogP contribution in [0.3, 0.4) is 0 Å². The second-order valence-electron chi connectivity index (χ2n) is 4.71. The van der Waals surface area contributed by atoms with Crippen molar-refractivity contribution in [3.63, 3.8) is 0 Å². The zero-order valence-corrected chi connectivity index (χ0v) is 12.3. The summed E-state index contributed by atoms with van der Waals surface area (Å²) in [5, 5.41) is 3.03. The van der Waals surface area contributed by atoms with E-state index < -0.39 is 0 Å². The topological polar surface area (TPSA) is 72.4 Å². The second kappa shape index (κ2) is 7.84. The van der Waals surface area contributed by atoms with Gasteiger partial charge in [-0.15, -0.1) is 4.98 Å². The maximum atomic E-state index is 5.61. The molecule has 2 rings (SSSR count). The lowest BCUT2D eigenvalue weighted by molar-refractivity contribution is 0.176. The van der Waals surface area contributed by atoms with Crippen LogP contribution in [0.4, 0.5) is 5.95 Å². The molecular formula is C13H23N5O2. The van der Waals surface area contributed by atoms with Gasteiger partial charge in [0.1, 0.15) is 6.61 Å². The molecule has 20 heavy (non-hydrogen) atoms. The summed E-state index contributed by atoms with van der Waals surface area (Å²) in [4.78, 5) is 14.8. The zero-order valence-electron chi connectivity index (χ0n) is 12.3. The van der Waals surface area contributed by atoms with Gasteiger partial charge in [-0.25, -0.2) is 0 Å². The van der Waals surface area contributed by atoms with E-state index in [1.54, 1.807) is 0 Å². The third kappa shape index (κ3) is 4.48. The molecule has 0 aromatic carbocycles. The Kier molecular flexibility index (Phi) is 5.79. The van der Waals surface area contributed by atoms with E-state index in [4.69, 9.17) is 9.47 Å². The van der Waals surface area contributed by atoms with Crippen LogP contribution in [0.5, 0.6) is 12.0 Å². The number of likely N-dealkylation sites (tertiary alicyclic amines) is 1. The summed E-state index contributed by atoms with van der Waals surface area (Å²) in [5.74, 6) is 0.479. The van der Waals surface area contributed by atoms with Gasteiger partial charge in [0.15, 0.2) is 0 Å². The first-order chi connectivity index (χ1) is 9.81. The van der Waals surface area contributed by atoms with Crippen molar-refractivity contribution in [1.29, 1.82) is 0 Å². The van der Waals surface area contributed by atoms with Crippen LogP contribution >= 0.6 is 0 Å². The summed E-state index contributed by atoms with van der Waals surface area (Å²) in [6.45, 7) is 6.52. The Hall–Kier alpha value is -1.63. The average molecular weight is 281 g/mol. The minimum atomic E-state index is 0.268. The molecule has 0 radical (unpaired) electrons. The molecule has 1 N–H and O–H groups in total. The zero-order chi connectivity index (χ0) is 14.2. The first kappa shape index (κ1) is 14.8. The molecule has 0 spiro atoms. The number of nitrogens with one attached hydrogen (secondary N) is 1. The van der Waals surface area contributed by atoms with E-state index in [2.05, 4.69) is 25.2 Å². The molecule has 1 saturated heterocycles. The molecule has 0 unspecified atom stereocenters. The van der Waals surface area contributed by atoms with Crippen LogP contribution in [0.15, 0.2) is 0 Å². The van der Waals surface area contributed by atoms with Gasteiger partial charge in [0.2, 0.25) is 5.95 Å². The van der Waals surface area contributed by atoms with Crippen molar-refractivity contribution in [2.24, 2.45) is 0 Å². The lowest BCUT2D eigenvalue weighted by Gasteiger charge is -2.25. The fourth-order valence-corrected chi connectivity index (χ4v) is 2.18. The Morgan fingerprint density at radius 1 is 1.10 bits per heavy atom. The Morgan fingerprint density at radius 3 is 2.55 bits per heavy atom. The normalized spacial score (nSPS) is 15.9. The summed E-state index contributed by atoms with van der Waals surface area (Å²) in [6, 6.07) is 0.578. The van der Waals surface area contributed by atoms with E-state index in [0.717, 1.165) is 26.2 Å². The van der Waals surface area contributed by atoms with Crippen molar-refractivity contribution in [2.75, 3.05) is 45.2 Å². The third-order valence-corrected chi connectivity index (χ3v) is 3.20. The van der Waals surface area contributed by atoms with E-state index in [1.807, 2.05) is 6.92 Å². The number of anilines is 1. The molecule has 1 fully saturated rings. The monoisotopic (exact) mass is 281 g/mol. The number of methoxy groups -OCH3 is 1. The Bertz CT molecular complexity index is 410. The highest BCUT2D eigenvalue weighted by molar-refractivity contribution is 5.27. The highest BCUT2D eigenvalue weighted by Gasteiger charge is 2.11. The molecule has 112 valence electrons. The van der Waals surface area contributed by atoms with Gasteiger partial charge in [0, 0.05) is 13.1 Å². The van der Waals surface area contributed by atoms with Gasteiger partial charge in [-0.3, -0.25) is 4.90 Å². The van der Waals surface area contributed by atoms with E-state index in [9.17, 15) is 0 Å². The molecular weight excluding hydrogens is 258 g/mol. The molecule has 0 amide bonds. The number of aromatic nitrogens is 3. The average Bonchev–Trinajstić information content (AvgIpc) is 2.48. The number of rotatable bonds is 7. The predicted molar refractivity (Wildman–Crippen MR) is 76.3 cm³/mol. The number of ether oxygens (including phenoxy) is 2. The minimum Gasteiger partial charge on any atom is -0.467 e. The lowest BCUT2D eigenvalue weighted by Crippen LogP contribution is -2.33. The van der Waals surface area contributed by atoms with Crippen LogP contribution < -0.4 is 14.8 Å². The van der Waals surface area contributed by atoms with Crippen LogP contribution in [0, 0.1) is 0 Å². The molecule has 1 aliphatic rings. The molecule has 7 nitrogen and oxygen atoms in total. The molecule has 1 aliphatic heterocycles. The highest BCUT2D eigenvalue weighted by Crippen LogP contribution is 2.13. The van der Waals surface area contributed by atoms with Gasteiger partial charge in [0.05, 0.1) is 7.11 Å². The molecule has 0 aliphatic carbocycles. The van der Waals surface area contributed by atoms with Gasteiger partial charge in [-0.1, -0.05) is 6.42 Å². The smallest absolute Gasteiger partial charge is 0.324 e. The third-order valence-electron chi connectivity index (χ3n) is 3.20. The van der Waals surface area contributed by atoms with Crippen LogP contribution in [0.2, 0.25) is 0 Å². The van der Waals surface area contributed by atoms with Crippen LogP contribution in [-0.4, -0.2) is 59.7 Å². The van der Waals surface area contributed by atoms with Crippen molar-refractivity contribution < 1.29 is 9.47 Å². The molecule has 0 bridgehead atoms. The van der Waals surface area contributed by atoms with Crippen molar-refractivity contribution in [1.82, 2.24) is 19.9 Å². The lowest BCUT2D eigenvalue weighted by atomic mass is 10.1. The van der Waals surface area contributed by atoms with Crippen molar-refractivity contribution in [3.05, 3.63) is 0 Å². The van der Waals surface area contributed by atoms with Gasteiger partial charge in [-0.2, -0.15) is 9.97 Å². The molecule has 1 aromatic rings. The Labute approximate surface area is 119 Å². The Morgan fingerprint density at radius 2 is 1.85 bits per heavy atom. The van der Waals surface area contributed by atoms with Gasteiger partial charge >= 0.3 is 12.0 Å². The first-order valence-electron chi connectivity index (χ1n) is 7.21. The van der Waals surface area contributed by atoms with Crippen LogP contribution in [-0.2, 0) is 0 Å². The maximum Gasteiger partial charge on any atom is 0.324 e. The molecule has 0 saturated carbocycles. The first-order valence-corrected chi connectivity index (χ1v) is 7.21. The van der Waals surface area contributed by atoms with Gasteiger partial charge in [0.25, 0.3) is 0 Å². The van der Waals surface area contributed by atoms with Gasteiger partial charge < -0.3 is 14.8 Å². The molecule has 2 heterocycles. The fourth-order valence-electron chi connectivity index (χ4n) is 2.18. The second-order valence-corrected chi connectivity index (χ2v) is 4.71. The van der Waals surface area contributed by atoms with E-state index in [-0.39, 0.29) is 6.01 Å². The number of nitrogens with zero attached hydrogens (tertiary/aromatic N) is 4. The summed E-state index contributed by atoms with van der Waals surface area (Å²) < 4.78 is 10.7. The summed E-state index contributed by atoms with van der Waals surface area (Å²) in [6.07, 6.45) is 3.91. The van der Waals surface area contributed by atoms with E-state index >= 15 is 0 Å². The SMILES string of the molecule is CCNc1nc(OC)nc(OCCN2CCCCC2)n1. The maximum absolute atomic E-state index is 5.61. The Balaban J connectivity index is 1.85. The summed E-state index contributed by atoms with van der Waals surface area (Å²) in [5.41, 5.74) is 0. The van der Waals surface area contributed by atoms with E-state index in [1.165, 1.54) is 26.4 Å². The number of hydrogen-bond donors (Lipinski definition) is 1. The molecule has 1 aromatic heterocycles. The summed E-state index contributed by atoms with van der Waals surface area (Å²) >= 11 is 0. The minimum absolute atomic E-state index is 0.268. The van der Waals surface area contributed by atoms with Crippen LogP contribution in [0.25, 0.3) is 0 Å². The van der Waals surface area contributed by atoms with Gasteiger partial charge in [-0.05, 0) is 32.9 Å². The van der Waals surface area contributed by atoms with Crippen LogP contribution in [0.1, 0.15) is 26.2 Å². The predicted octanol–water partition coefficient (Wildman–Crippen LogP) is 1.18. The molecule has 0 atom stereocenters. The number of hydrogen-bond acceptors (Lipinski definition) is 7. The molecule has 7 heteroatoms. The summed E-state index contributed by atoms with van der Waals surface area (Å²) in [7, 11) is 1.53. The van der Waals surface area contributed by atoms with Crippen molar-refractivity contribution >= 4 is 5.95 Å². The fraction of sp³-hybridized carbons (Fsp3) is 0.769. The highest BCUT2D eigenvalue weighted by atomic mass is 16.5. The van der Waals surface area contributed by atoms with E-state index in [0.29, 0.717) is 18.6 Å². The quantitative estimate of drug-likeness (QED) is 0.804. The standard InChI is InChI=1S/C13H23N5O2/c1-3-14-11-15-12(19-2)17-13(16-11)20-10-9-18-7-5-4-6-8-18/h3-10H2,1-2H3,(H,14,15,16,17).